The molecule has 0 unspecified atom stereocenters. The summed E-state index contributed by atoms with van der Waals surface area (Å²) in [5, 5.41) is 6.10. The standard InChI is InChI=1S/C37H63N5O8/c1-35(2,3)48-30(43)25-29(38-26-15-11-10-12-16-26)31(44)42-21-14-13-17-27(42)20-24-47-28-18-22-41(23-19-28)32(39-33(45)49-36(4,5)6)40-34(46)50-37(7,8)9/h11,15,26-29,38H,10,12-14,16-25H2,1-9H3,(H,39,40,45,46)/t26-,27+,29+/m1/s1. The predicted molar refractivity (Wildman–Crippen MR) is 192 cm³/mol. The molecule has 2 N–H and O–H groups in total. The van der Waals surface area contributed by atoms with Crippen molar-refractivity contribution in [1.29, 1.82) is 0 Å². The minimum absolute atomic E-state index is 0.0132. The Morgan fingerprint density at radius 3 is 2.08 bits per heavy atom. The number of hydrogen-bond donors (Lipinski definition) is 2. The van der Waals surface area contributed by atoms with Crippen molar-refractivity contribution in [2.75, 3.05) is 26.2 Å². The number of ether oxygens (including phenoxy) is 4. The average molecular weight is 706 g/mol. The maximum Gasteiger partial charge on any atom is 0.437 e. The van der Waals surface area contributed by atoms with E-state index in [0.717, 1.165) is 38.5 Å². The molecule has 2 fully saturated rings. The first-order chi connectivity index (χ1) is 23.3. The van der Waals surface area contributed by atoms with Gasteiger partial charge in [-0.15, -0.1) is 4.99 Å². The number of nitrogens with one attached hydrogen (secondary N) is 2. The maximum absolute atomic E-state index is 14.1. The summed E-state index contributed by atoms with van der Waals surface area (Å²) >= 11 is 0. The van der Waals surface area contributed by atoms with Crippen molar-refractivity contribution in [2.24, 2.45) is 4.99 Å². The number of guanidine groups is 1. The second-order valence-corrected chi connectivity index (χ2v) is 16.5. The van der Waals surface area contributed by atoms with E-state index < -0.39 is 35.0 Å². The van der Waals surface area contributed by atoms with Gasteiger partial charge in [0.05, 0.1) is 18.6 Å². The van der Waals surface area contributed by atoms with Crippen LogP contribution in [0.3, 0.4) is 0 Å². The van der Waals surface area contributed by atoms with Crippen LogP contribution >= 0.6 is 0 Å². The van der Waals surface area contributed by atoms with Crippen LogP contribution < -0.4 is 10.6 Å². The molecule has 3 atom stereocenters. The fourth-order valence-corrected chi connectivity index (χ4v) is 6.32. The van der Waals surface area contributed by atoms with Gasteiger partial charge in [-0.2, -0.15) is 0 Å². The van der Waals surface area contributed by atoms with E-state index in [0.29, 0.717) is 45.5 Å². The van der Waals surface area contributed by atoms with Gasteiger partial charge in [-0.25, -0.2) is 9.59 Å². The largest absolute Gasteiger partial charge is 0.460 e. The topological polar surface area (TPSA) is 148 Å². The number of hydrogen-bond acceptors (Lipinski definition) is 9. The lowest BCUT2D eigenvalue weighted by Crippen LogP contribution is -2.55. The number of nitrogens with zero attached hydrogens (tertiary/aromatic N) is 3. The lowest BCUT2D eigenvalue weighted by Gasteiger charge is -2.39. The fraction of sp³-hybridized carbons (Fsp3) is 0.811. The molecule has 0 saturated carbocycles. The summed E-state index contributed by atoms with van der Waals surface area (Å²) < 4.78 is 22.7. The Labute approximate surface area is 299 Å². The Bertz CT molecular complexity index is 1210. The number of amides is 3. The molecule has 0 aromatic heterocycles. The van der Waals surface area contributed by atoms with Crippen LogP contribution in [-0.2, 0) is 28.5 Å². The zero-order chi connectivity index (χ0) is 37.1. The average Bonchev–Trinajstić information content (AvgIpc) is 2.98. The molecule has 0 bridgehead atoms. The number of piperidine rings is 2. The van der Waals surface area contributed by atoms with Gasteiger partial charge in [0.15, 0.2) is 0 Å². The summed E-state index contributed by atoms with van der Waals surface area (Å²) in [6.07, 6.45) is 10.6. The summed E-state index contributed by atoms with van der Waals surface area (Å²) in [5.41, 5.74) is -2.08. The molecule has 2 saturated heterocycles. The van der Waals surface area contributed by atoms with Gasteiger partial charge in [0.2, 0.25) is 11.9 Å². The third-order valence-electron chi connectivity index (χ3n) is 8.42. The van der Waals surface area contributed by atoms with E-state index in [1.54, 1.807) is 41.5 Å². The van der Waals surface area contributed by atoms with E-state index >= 15 is 0 Å². The highest BCUT2D eigenvalue weighted by Crippen LogP contribution is 2.24. The molecule has 3 rings (SSSR count). The van der Waals surface area contributed by atoms with Gasteiger partial charge in [-0.3, -0.25) is 20.2 Å². The first kappa shape index (κ1) is 41.2. The highest BCUT2D eigenvalue weighted by molar-refractivity contribution is 5.99. The lowest BCUT2D eigenvalue weighted by molar-refractivity contribution is -0.158. The van der Waals surface area contributed by atoms with Crippen molar-refractivity contribution < 1.29 is 38.1 Å². The monoisotopic (exact) mass is 705 g/mol. The third kappa shape index (κ3) is 15.4. The molecule has 3 aliphatic rings. The summed E-state index contributed by atoms with van der Waals surface area (Å²) in [6.45, 7) is 18.2. The summed E-state index contributed by atoms with van der Waals surface area (Å²) in [4.78, 5) is 59.9. The molecule has 0 aromatic carbocycles. The minimum atomic E-state index is -0.799. The van der Waals surface area contributed by atoms with Gasteiger partial charge < -0.3 is 28.7 Å². The number of rotatable bonds is 9. The van der Waals surface area contributed by atoms with E-state index in [1.165, 1.54) is 0 Å². The molecular weight excluding hydrogens is 642 g/mol. The van der Waals surface area contributed by atoms with Crippen molar-refractivity contribution in [3.63, 3.8) is 0 Å². The number of allylic oxidation sites excluding steroid dienone is 1. The fourth-order valence-electron chi connectivity index (χ4n) is 6.32. The van der Waals surface area contributed by atoms with Gasteiger partial charge in [0, 0.05) is 38.3 Å². The molecule has 2 heterocycles. The molecular formula is C37H63N5O8. The molecule has 0 aromatic rings. The van der Waals surface area contributed by atoms with Gasteiger partial charge >= 0.3 is 18.2 Å². The number of likely N-dealkylation sites (tertiary alicyclic amines) is 2. The van der Waals surface area contributed by atoms with Crippen LogP contribution in [0, 0.1) is 0 Å². The molecule has 0 spiro atoms. The molecule has 13 heteroatoms. The Morgan fingerprint density at radius 2 is 1.48 bits per heavy atom. The highest BCUT2D eigenvalue weighted by atomic mass is 16.6. The van der Waals surface area contributed by atoms with Gasteiger partial charge in [0.1, 0.15) is 16.8 Å². The second kappa shape index (κ2) is 18.3. The first-order valence-corrected chi connectivity index (χ1v) is 18.4. The minimum Gasteiger partial charge on any atom is -0.460 e. The molecule has 284 valence electrons. The van der Waals surface area contributed by atoms with Gasteiger partial charge in [-0.1, -0.05) is 12.2 Å². The Morgan fingerprint density at radius 1 is 0.820 bits per heavy atom. The predicted octanol–water partition coefficient (Wildman–Crippen LogP) is 5.85. The van der Waals surface area contributed by atoms with Crippen LogP contribution in [0.15, 0.2) is 17.1 Å². The van der Waals surface area contributed by atoms with Crippen LogP contribution in [0.25, 0.3) is 0 Å². The summed E-state index contributed by atoms with van der Waals surface area (Å²) in [5.74, 6) is -0.351. The summed E-state index contributed by atoms with van der Waals surface area (Å²) in [7, 11) is 0. The highest BCUT2D eigenvalue weighted by Gasteiger charge is 2.35. The SMILES string of the molecule is CC(C)(C)OC(=O)C[C@H](N[C@@H]1C=CCCC1)C(=O)N1CCCC[C@H]1CCOC1CCN(C(=NC(=O)OC(C)(C)C)NC(=O)OC(C)(C)C)CC1. The zero-order valence-electron chi connectivity index (χ0n) is 32.0. The van der Waals surface area contributed by atoms with Crippen LogP contribution in [0.5, 0.6) is 0 Å². The Kier molecular flexibility index (Phi) is 15.1. The quantitative estimate of drug-likeness (QED) is 0.0984. The molecule has 1 aliphatic carbocycles. The van der Waals surface area contributed by atoms with Crippen LogP contribution in [0.1, 0.15) is 127 Å². The Hall–Kier alpha value is -3.19. The van der Waals surface area contributed by atoms with Crippen LogP contribution in [-0.4, -0.2) is 107 Å². The smallest absolute Gasteiger partial charge is 0.437 e. The molecule has 0 radical (unpaired) electrons. The third-order valence-corrected chi connectivity index (χ3v) is 8.42. The number of aliphatic imine (C=N–C) groups is 1. The number of alkyl carbamates (subject to hydrolysis) is 1. The molecule has 3 amide bonds. The van der Waals surface area contributed by atoms with Crippen LogP contribution in [0.2, 0.25) is 0 Å². The van der Waals surface area contributed by atoms with E-state index in [9.17, 15) is 19.2 Å². The van der Waals surface area contributed by atoms with Crippen molar-refractivity contribution in [3.05, 3.63) is 12.2 Å². The lowest BCUT2D eigenvalue weighted by atomic mass is 9.96. The van der Waals surface area contributed by atoms with Crippen molar-refractivity contribution in [1.82, 2.24) is 20.4 Å². The van der Waals surface area contributed by atoms with E-state index in [1.807, 2.05) is 30.6 Å². The van der Waals surface area contributed by atoms with Crippen molar-refractivity contribution in [2.45, 2.75) is 168 Å². The molecule has 50 heavy (non-hydrogen) atoms. The number of esters is 1. The number of carbonyl (C=O) groups excluding carboxylic acids is 4. The van der Waals surface area contributed by atoms with Crippen LogP contribution in [0.4, 0.5) is 9.59 Å². The second-order valence-electron chi connectivity index (χ2n) is 16.5. The first-order valence-electron chi connectivity index (χ1n) is 18.4. The van der Waals surface area contributed by atoms with E-state index in [2.05, 4.69) is 27.8 Å². The van der Waals surface area contributed by atoms with Gasteiger partial charge in [-0.05, 0) is 120 Å². The van der Waals surface area contributed by atoms with E-state index in [4.69, 9.17) is 18.9 Å². The Balaban J connectivity index is 1.59. The number of carbonyl (C=O) groups is 4. The van der Waals surface area contributed by atoms with Crippen molar-refractivity contribution in [3.8, 4) is 0 Å². The maximum atomic E-state index is 14.1. The van der Waals surface area contributed by atoms with Gasteiger partial charge in [0.25, 0.3) is 0 Å². The zero-order valence-corrected chi connectivity index (χ0v) is 32.0. The van der Waals surface area contributed by atoms with Crippen molar-refractivity contribution >= 4 is 30.0 Å². The summed E-state index contributed by atoms with van der Waals surface area (Å²) in [6, 6.07) is -0.590. The molecule has 2 aliphatic heterocycles. The van der Waals surface area contributed by atoms with E-state index in [-0.39, 0.29) is 42.4 Å². The molecule has 13 nitrogen and oxygen atoms in total. The normalized spacial score (nSPS) is 21.7.